The third kappa shape index (κ3) is 3.51. The highest BCUT2D eigenvalue weighted by Gasteiger charge is 2.48. The fourth-order valence-corrected chi connectivity index (χ4v) is 4.54. The Balaban J connectivity index is 1.41. The molecule has 1 saturated carbocycles. The largest absolute Gasteiger partial charge is 0.378 e. The Bertz CT molecular complexity index is 1340. The third-order valence-electron chi connectivity index (χ3n) is 6.59. The number of aliphatic hydroxyl groups is 1. The normalized spacial score (nSPS) is 17.1. The molecule has 8 heteroatoms. The molecule has 1 aliphatic carbocycles. The number of hydrogen-bond acceptors (Lipinski definition) is 5. The lowest BCUT2D eigenvalue weighted by molar-refractivity contribution is -0.141. The molecule has 1 atom stereocenters. The van der Waals surface area contributed by atoms with Crippen LogP contribution in [0, 0.1) is 17.1 Å². The topological polar surface area (TPSA) is 110 Å². The summed E-state index contributed by atoms with van der Waals surface area (Å²) in [4.78, 5) is 34.8. The van der Waals surface area contributed by atoms with Crippen molar-refractivity contribution in [2.45, 2.75) is 37.3 Å². The van der Waals surface area contributed by atoms with Crippen molar-refractivity contribution in [2.24, 2.45) is 0 Å². The number of carbonyl (C=O) groups is 1. The molecule has 1 aromatic heterocycles. The summed E-state index contributed by atoms with van der Waals surface area (Å²) in [6, 6.07) is 15.6. The molecule has 1 unspecified atom stereocenters. The summed E-state index contributed by atoms with van der Waals surface area (Å²) in [5.41, 5.74) is 1.05. The summed E-state index contributed by atoms with van der Waals surface area (Å²) in [5.74, 6) is -0.994. The fourth-order valence-electron chi connectivity index (χ4n) is 4.54. The van der Waals surface area contributed by atoms with Gasteiger partial charge in [-0.1, -0.05) is 42.5 Å². The number of halogens is 1. The van der Waals surface area contributed by atoms with Crippen molar-refractivity contribution in [3.63, 3.8) is 0 Å². The van der Waals surface area contributed by atoms with Crippen molar-refractivity contribution in [2.75, 3.05) is 6.54 Å². The Labute approximate surface area is 189 Å². The first-order valence-corrected chi connectivity index (χ1v) is 10.8. The van der Waals surface area contributed by atoms with Gasteiger partial charge in [0, 0.05) is 18.5 Å². The molecule has 1 amide bonds. The van der Waals surface area contributed by atoms with Gasteiger partial charge in [0.15, 0.2) is 6.10 Å². The van der Waals surface area contributed by atoms with Crippen LogP contribution in [-0.2, 0) is 23.2 Å². The lowest BCUT2D eigenvalue weighted by Crippen LogP contribution is -2.42. The van der Waals surface area contributed by atoms with Crippen LogP contribution >= 0.6 is 0 Å². The highest BCUT2D eigenvalue weighted by molar-refractivity contribution is 5.82. The van der Waals surface area contributed by atoms with Crippen molar-refractivity contribution in [1.29, 1.82) is 5.26 Å². The minimum Gasteiger partial charge on any atom is -0.378 e. The lowest BCUT2D eigenvalue weighted by Gasteiger charge is -2.30. The molecule has 3 aromatic rings. The van der Waals surface area contributed by atoms with Crippen LogP contribution in [0.1, 0.15) is 52.7 Å². The maximum atomic E-state index is 14.4. The van der Waals surface area contributed by atoms with Crippen molar-refractivity contribution < 1.29 is 14.3 Å². The Morgan fingerprint density at radius 2 is 1.97 bits per heavy atom. The van der Waals surface area contributed by atoms with Crippen LogP contribution in [0.2, 0.25) is 0 Å². The monoisotopic (exact) mass is 444 g/mol. The second-order valence-electron chi connectivity index (χ2n) is 8.52. The second kappa shape index (κ2) is 7.94. The van der Waals surface area contributed by atoms with E-state index < -0.39 is 17.8 Å². The summed E-state index contributed by atoms with van der Waals surface area (Å²) < 4.78 is 14.4. The van der Waals surface area contributed by atoms with Gasteiger partial charge in [-0.25, -0.2) is 9.37 Å². The van der Waals surface area contributed by atoms with Gasteiger partial charge in [-0.15, -0.1) is 0 Å². The predicted octanol–water partition coefficient (Wildman–Crippen LogP) is 2.48. The number of hydrogen-bond donors (Lipinski definition) is 2. The smallest absolute Gasteiger partial charge is 0.256 e. The molecule has 1 fully saturated rings. The number of aliphatic hydroxyl groups excluding tert-OH is 1. The van der Waals surface area contributed by atoms with Crippen molar-refractivity contribution >= 4 is 5.91 Å². The minimum atomic E-state index is -1.76. The molecule has 33 heavy (non-hydrogen) atoms. The first-order valence-electron chi connectivity index (χ1n) is 10.8. The maximum absolute atomic E-state index is 14.4. The van der Waals surface area contributed by atoms with Gasteiger partial charge in [0.2, 0.25) is 0 Å². The Hall–Kier alpha value is -3.83. The maximum Gasteiger partial charge on any atom is 0.256 e. The van der Waals surface area contributed by atoms with Gasteiger partial charge in [0.05, 0.1) is 28.8 Å². The SMILES string of the molecule is N#Cc1cccc(C(O)C(=O)N2CCc3nc(C4(c5ccccc5)CC4)[nH]c(=O)c3C2)c1F. The van der Waals surface area contributed by atoms with E-state index in [9.17, 15) is 19.1 Å². The first kappa shape index (κ1) is 21.0. The quantitative estimate of drug-likeness (QED) is 0.643. The summed E-state index contributed by atoms with van der Waals surface area (Å²) in [6.07, 6.45) is 0.404. The van der Waals surface area contributed by atoms with Gasteiger partial charge in [-0.3, -0.25) is 9.59 Å². The van der Waals surface area contributed by atoms with E-state index in [2.05, 4.69) is 4.98 Å². The van der Waals surface area contributed by atoms with Crippen LogP contribution < -0.4 is 5.56 Å². The average Bonchev–Trinajstić information content (AvgIpc) is 3.66. The zero-order chi connectivity index (χ0) is 23.2. The van der Waals surface area contributed by atoms with Gasteiger partial charge in [-0.2, -0.15) is 5.26 Å². The number of rotatable bonds is 4. The molecule has 0 bridgehead atoms. The number of nitrogens with zero attached hydrogens (tertiary/aromatic N) is 3. The first-order chi connectivity index (χ1) is 15.9. The molecule has 1 aliphatic heterocycles. The Morgan fingerprint density at radius 1 is 1.21 bits per heavy atom. The number of carbonyl (C=O) groups excluding carboxylic acids is 1. The van der Waals surface area contributed by atoms with E-state index >= 15 is 0 Å². The lowest BCUT2D eigenvalue weighted by atomic mass is 9.94. The molecule has 0 spiro atoms. The Kier molecular flexibility index (Phi) is 5.06. The molecule has 7 nitrogen and oxygen atoms in total. The van der Waals surface area contributed by atoms with E-state index in [1.807, 2.05) is 30.3 Å². The van der Waals surface area contributed by atoms with E-state index in [4.69, 9.17) is 10.2 Å². The van der Waals surface area contributed by atoms with Crippen LogP contribution in [0.15, 0.2) is 53.3 Å². The van der Waals surface area contributed by atoms with E-state index in [0.717, 1.165) is 18.4 Å². The molecule has 2 aromatic carbocycles. The van der Waals surface area contributed by atoms with Crippen LogP contribution in [-0.4, -0.2) is 32.4 Å². The number of aromatic nitrogens is 2. The van der Waals surface area contributed by atoms with Gasteiger partial charge < -0.3 is 15.0 Å². The molecule has 166 valence electrons. The summed E-state index contributed by atoms with van der Waals surface area (Å²) in [6.45, 7) is 0.225. The number of amides is 1. The molecule has 0 saturated heterocycles. The fraction of sp³-hybridized carbons (Fsp3) is 0.280. The number of aromatic amines is 1. The molecule has 5 rings (SSSR count). The van der Waals surface area contributed by atoms with E-state index in [0.29, 0.717) is 23.5 Å². The van der Waals surface area contributed by atoms with Crippen molar-refractivity contribution in [3.05, 3.63) is 98.5 Å². The zero-order valence-corrected chi connectivity index (χ0v) is 17.7. The molecule has 2 aliphatic rings. The molecule has 2 heterocycles. The number of nitrogens with one attached hydrogen (secondary N) is 1. The van der Waals surface area contributed by atoms with Crippen LogP contribution in [0.3, 0.4) is 0 Å². The van der Waals surface area contributed by atoms with E-state index in [1.54, 1.807) is 6.07 Å². The molecular formula is C25H21FN4O3. The van der Waals surface area contributed by atoms with Gasteiger partial charge in [-0.05, 0) is 24.5 Å². The summed E-state index contributed by atoms with van der Waals surface area (Å²) >= 11 is 0. The summed E-state index contributed by atoms with van der Waals surface area (Å²) in [7, 11) is 0. The average molecular weight is 444 g/mol. The van der Waals surface area contributed by atoms with Crippen LogP contribution in [0.5, 0.6) is 0 Å². The molecule has 0 radical (unpaired) electrons. The molecular weight excluding hydrogens is 423 g/mol. The third-order valence-corrected chi connectivity index (χ3v) is 6.59. The summed E-state index contributed by atoms with van der Waals surface area (Å²) in [5, 5.41) is 19.5. The second-order valence-corrected chi connectivity index (χ2v) is 8.52. The van der Waals surface area contributed by atoms with Gasteiger partial charge in [0.25, 0.3) is 11.5 Å². The van der Waals surface area contributed by atoms with Gasteiger partial charge >= 0.3 is 0 Å². The number of benzene rings is 2. The number of H-pyrrole nitrogens is 1. The zero-order valence-electron chi connectivity index (χ0n) is 17.7. The standard InChI is InChI=1S/C25H21FN4O3/c26-20-15(13-27)5-4-8-17(20)21(31)23(33)30-12-9-19-18(14-30)22(32)29-24(28-19)25(10-11-25)16-6-2-1-3-7-16/h1-8,21,31H,9-12,14H2,(H,28,29,32). The van der Waals surface area contributed by atoms with Crippen LogP contribution in [0.25, 0.3) is 0 Å². The minimum absolute atomic E-state index is 0.0221. The highest BCUT2D eigenvalue weighted by Crippen LogP contribution is 2.51. The van der Waals surface area contributed by atoms with Crippen molar-refractivity contribution in [3.8, 4) is 6.07 Å². The van der Waals surface area contributed by atoms with Crippen molar-refractivity contribution in [1.82, 2.24) is 14.9 Å². The van der Waals surface area contributed by atoms with E-state index in [-0.39, 0.29) is 35.2 Å². The van der Waals surface area contributed by atoms with Crippen LogP contribution in [0.4, 0.5) is 4.39 Å². The predicted molar refractivity (Wildman–Crippen MR) is 117 cm³/mol. The van der Waals surface area contributed by atoms with E-state index in [1.165, 1.54) is 23.1 Å². The molecule has 2 N–H and O–H groups in total. The van der Waals surface area contributed by atoms with Gasteiger partial charge in [0.1, 0.15) is 17.7 Å². The number of fused-ring (bicyclic) bond motifs is 1. The number of nitriles is 1. The Morgan fingerprint density at radius 3 is 2.67 bits per heavy atom. The highest BCUT2D eigenvalue weighted by atomic mass is 19.1.